The second-order valence-corrected chi connectivity index (χ2v) is 6.84. The minimum atomic E-state index is 0.0662. The maximum absolute atomic E-state index is 12.3. The molecule has 4 nitrogen and oxygen atoms in total. The van der Waals surface area contributed by atoms with Crippen LogP contribution in [0.3, 0.4) is 0 Å². The monoisotopic (exact) mass is 357 g/mol. The van der Waals surface area contributed by atoms with Crippen LogP contribution in [0.4, 0.5) is 0 Å². The van der Waals surface area contributed by atoms with Crippen molar-refractivity contribution in [1.82, 2.24) is 14.8 Å². The lowest BCUT2D eigenvalue weighted by Gasteiger charge is -2.08. The van der Waals surface area contributed by atoms with Crippen LogP contribution in [0.1, 0.15) is 21.5 Å². The molecule has 3 aromatic rings. The number of rotatable bonds is 5. The molecular formula is C18H16ClN3OS. The number of nitrogens with zero attached hydrogens (tertiary/aromatic N) is 3. The summed E-state index contributed by atoms with van der Waals surface area (Å²) < 4.78 is 1.83. The average molecular weight is 358 g/mol. The third-order valence-corrected chi connectivity index (χ3v) is 5.01. The maximum atomic E-state index is 12.3. The fourth-order valence-corrected chi connectivity index (χ4v) is 3.18. The third-order valence-electron chi connectivity index (χ3n) is 3.66. The highest BCUT2D eigenvalue weighted by atomic mass is 35.5. The Labute approximate surface area is 149 Å². The Bertz CT molecular complexity index is 874. The molecule has 0 spiro atoms. The van der Waals surface area contributed by atoms with Gasteiger partial charge in [-0.3, -0.25) is 9.36 Å². The molecule has 0 aliphatic heterocycles. The summed E-state index contributed by atoms with van der Waals surface area (Å²) >= 11 is 7.55. The second kappa shape index (κ2) is 7.20. The van der Waals surface area contributed by atoms with Crippen molar-refractivity contribution >= 4 is 29.1 Å². The Balaban J connectivity index is 1.75. The molecule has 24 heavy (non-hydrogen) atoms. The molecule has 0 amide bonds. The molecule has 0 saturated carbocycles. The molecule has 1 heterocycles. The van der Waals surface area contributed by atoms with Crippen LogP contribution >= 0.6 is 23.4 Å². The second-order valence-electron chi connectivity index (χ2n) is 5.49. The Morgan fingerprint density at radius 2 is 1.92 bits per heavy atom. The smallest absolute Gasteiger partial charge is 0.196 e. The standard InChI is InChI=1S/C18H16ClN3OS/c1-12-3-6-14(7-4-12)17(23)10-24-18-21-20-11-22(18)15-8-5-13(2)16(19)9-15/h3-9,11H,10H2,1-2H3. The van der Waals surface area contributed by atoms with Crippen LogP contribution in [-0.4, -0.2) is 26.3 Å². The van der Waals surface area contributed by atoms with E-state index in [2.05, 4.69) is 10.2 Å². The lowest BCUT2D eigenvalue weighted by molar-refractivity contribution is 0.102. The van der Waals surface area contributed by atoms with Gasteiger partial charge in [0, 0.05) is 10.6 Å². The van der Waals surface area contributed by atoms with Crippen LogP contribution in [0.15, 0.2) is 53.9 Å². The zero-order valence-electron chi connectivity index (χ0n) is 13.4. The molecule has 1 aromatic heterocycles. The van der Waals surface area contributed by atoms with E-state index in [4.69, 9.17) is 11.6 Å². The van der Waals surface area contributed by atoms with Crippen molar-refractivity contribution in [3.8, 4) is 5.69 Å². The number of carbonyl (C=O) groups excluding carboxylic acids is 1. The highest BCUT2D eigenvalue weighted by Crippen LogP contribution is 2.24. The minimum Gasteiger partial charge on any atom is -0.293 e. The van der Waals surface area contributed by atoms with Gasteiger partial charge in [0.15, 0.2) is 10.9 Å². The first-order valence-corrected chi connectivity index (χ1v) is 8.80. The Morgan fingerprint density at radius 1 is 1.17 bits per heavy atom. The molecule has 122 valence electrons. The Morgan fingerprint density at radius 3 is 2.62 bits per heavy atom. The molecule has 0 atom stereocenters. The first kappa shape index (κ1) is 16.7. The number of hydrogen-bond donors (Lipinski definition) is 0. The van der Waals surface area contributed by atoms with Gasteiger partial charge in [-0.25, -0.2) is 0 Å². The van der Waals surface area contributed by atoms with Crippen molar-refractivity contribution in [3.63, 3.8) is 0 Å². The van der Waals surface area contributed by atoms with Crippen molar-refractivity contribution in [2.45, 2.75) is 19.0 Å². The molecule has 0 radical (unpaired) electrons. The van der Waals surface area contributed by atoms with Crippen LogP contribution in [0, 0.1) is 13.8 Å². The number of benzene rings is 2. The topological polar surface area (TPSA) is 47.8 Å². The van der Waals surface area contributed by atoms with Crippen molar-refractivity contribution in [2.24, 2.45) is 0 Å². The Hall–Kier alpha value is -2.11. The van der Waals surface area contributed by atoms with Crippen LogP contribution in [-0.2, 0) is 0 Å². The van der Waals surface area contributed by atoms with E-state index < -0.39 is 0 Å². The van der Waals surface area contributed by atoms with Gasteiger partial charge in [-0.05, 0) is 31.5 Å². The normalized spacial score (nSPS) is 10.8. The van der Waals surface area contributed by atoms with Gasteiger partial charge in [-0.1, -0.05) is 59.3 Å². The number of ketones is 1. The number of carbonyl (C=O) groups is 1. The summed E-state index contributed by atoms with van der Waals surface area (Å²) in [6, 6.07) is 13.3. The molecule has 0 aliphatic rings. The molecule has 0 bridgehead atoms. The molecule has 0 saturated heterocycles. The third kappa shape index (κ3) is 3.68. The lowest BCUT2D eigenvalue weighted by Crippen LogP contribution is -2.04. The summed E-state index contributed by atoms with van der Waals surface area (Å²) in [4.78, 5) is 12.3. The summed E-state index contributed by atoms with van der Waals surface area (Å²) in [5, 5.41) is 9.41. The molecule has 3 rings (SSSR count). The first-order chi connectivity index (χ1) is 11.5. The van der Waals surface area contributed by atoms with Gasteiger partial charge in [0.2, 0.25) is 0 Å². The summed E-state index contributed by atoms with van der Waals surface area (Å²) in [6.07, 6.45) is 1.62. The van der Waals surface area contributed by atoms with Crippen molar-refractivity contribution in [3.05, 3.63) is 70.5 Å². The molecule has 0 aliphatic carbocycles. The van der Waals surface area contributed by atoms with Crippen LogP contribution in [0.25, 0.3) is 5.69 Å². The van der Waals surface area contributed by atoms with Crippen molar-refractivity contribution < 1.29 is 4.79 Å². The fourth-order valence-electron chi connectivity index (χ4n) is 2.18. The SMILES string of the molecule is Cc1ccc(C(=O)CSc2nncn2-c2ccc(C)c(Cl)c2)cc1. The van der Waals surface area contributed by atoms with Gasteiger partial charge in [-0.2, -0.15) is 0 Å². The van der Waals surface area contributed by atoms with Crippen molar-refractivity contribution in [1.29, 1.82) is 0 Å². The number of thioether (sulfide) groups is 1. The van der Waals surface area contributed by atoms with E-state index in [1.54, 1.807) is 6.33 Å². The number of Topliss-reactive ketones (excluding diaryl/α,β-unsaturated/α-hetero) is 1. The highest BCUT2D eigenvalue weighted by Gasteiger charge is 2.12. The van der Waals surface area contributed by atoms with Gasteiger partial charge in [0.05, 0.1) is 11.4 Å². The summed E-state index contributed by atoms with van der Waals surface area (Å²) in [5.41, 5.74) is 3.73. The van der Waals surface area contributed by atoms with Crippen LogP contribution in [0.5, 0.6) is 0 Å². The van der Waals surface area contributed by atoms with Gasteiger partial charge < -0.3 is 0 Å². The molecule has 6 heteroatoms. The van der Waals surface area contributed by atoms with Gasteiger partial charge in [0.1, 0.15) is 6.33 Å². The lowest BCUT2D eigenvalue weighted by atomic mass is 10.1. The quantitative estimate of drug-likeness (QED) is 0.498. The molecule has 0 fully saturated rings. The number of aromatic nitrogens is 3. The van der Waals surface area contributed by atoms with Gasteiger partial charge in [0.25, 0.3) is 0 Å². The number of hydrogen-bond acceptors (Lipinski definition) is 4. The van der Waals surface area contributed by atoms with Crippen LogP contribution in [0.2, 0.25) is 5.02 Å². The van der Waals surface area contributed by atoms with E-state index in [1.165, 1.54) is 11.8 Å². The van der Waals surface area contributed by atoms with E-state index in [1.807, 2.05) is 60.9 Å². The van der Waals surface area contributed by atoms with E-state index in [0.29, 0.717) is 21.5 Å². The summed E-state index contributed by atoms with van der Waals surface area (Å²) in [5.74, 6) is 0.373. The zero-order valence-corrected chi connectivity index (χ0v) is 14.9. The van der Waals surface area contributed by atoms with Crippen molar-refractivity contribution in [2.75, 3.05) is 5.75 Å². The van der Waals surface area contributed by atoms with Crippen LogP contribution < -0.4 is 0 Å². The predicted octanol–water partition coefficient (Wildman–Crippen LogP) is 4.51. The highest BCUT2D eigenvalue weighted by molar-refractivity contribution is 7.99. The predicted molar refractivity (Wildman–Crippen MR) is 97.3 cm³/mol. The zero-order chi connectivity index (χ0) is 17.1. The Kier molecular flexibility index (Phi) is 5.02. The van der Waals surface area contributed by atoms with E-state index in [-0.39, 0.29) is 5.78 Å². The number of halogens is 1. The fraction of sp³-hybridized carbons (Fsp3) is 0.167. The van der Waals surface area contributed by atoms with E-state index in [0.717, 1.165) is 16.8 Å². The summed E-state index contributed by atoms with van der Waals surface area (Å²) in [7, 11) is 0. The van der Waals surface area contributed by atoms with Gasteiger partial charge in [-0.15, -0.1) is 10.2 Å². The first-order valence-electron chi connectivity index (χ1n) is 7.44. The van der Waals surface area contributed by atoms with E-state index >= 15 is 0 Å². The minimum absolute atomic E-state index is 0.0662. The summed E-state index contributed by atoms with van der Waals surface area (Å²) in [6.45, 7) is 3.95. The molecule has 0 N–H and O–H groups in total. The number of aryl methyl sites for hydroxylation is 2. The molecule has 0 unspecified atom stereocenters. The largest absolute Gasteiger partial charge is 0.293 e. The molecular weight excluding hydrogens is 342 g/mol. The van der Waals surface area contributed by atoms with Gasteiger partial charge >= 0.3 is 0 Å². The maximum Gasteiger partial charge on any atom is 0.196 e. The average Bonchev–Trinajstić information content (AvgIpc) is 3.04. The molecule has 2 aromatic carbocycles. The van der Waals surface area contributed by atoms with E-state index in [9.17, 15) is 4.79 Å².